The quantitative estimate of drug-likeness (QED) is 0.411. The van der Waals surface area contributed by atoms with Gasteiger partial charge in [0.25, 0.3) is 0 Å². The lowest BCUT2D eigenvalue weighted by atomic mass is 10.0. The van der Waals surface area contributed by atoms with Crippen LogP contribution in [0.15, 0.2) is 65.6 Å². The van der Waals surface area contributed by atoms with Crippen molar-refractivity contribution in [3.8, 4) is 11.3 Å². The van der Waals surface area contributed by atoms with E-state index in [4.69, 9.17) is 11.6 Å². The molecule has 30 heavy (non-hydrogen) atoms. The Morgan fingerprint density at radius 2 is 1.77 bits per heavy atom. The van der Waals surface area contributed by atoms with E-state index in [2.05, 4.69) is 10.1 Å². The summed E-state index contributed by atoms with van der Waals surface area (Å²) >= 11 is 5.84. The average molecular weight is 434 g/mol. The maximum Gasteiger partial charge on any atom is 0.419 e. The van der Waals surface area contributed by atoms with Crippen molar-refractivity contribution >= 4 is 22.5 Å². The van der Waals surface area contributed by atoms with Crippen molar-refractivity contribution in [3.05, 3.63) is 93.1 Å². The normalized spacial score (nSPS) is 11.8. The van der Waals surface area contributed by atoms with Gasteiger partial charge in [-0.3, -0.25) is 14.5 Å². The summed E-state index contributed by atoms with van der Waals surface area (Å²) in [6, 6.07) is 12.5. The van der Waals surface area contributed by atoms with Crippen molar-refractivity contribution in [1.82, 2.24) is 14.8 Å². The van der Waals surface area contributed by atoms with Crippen LogP contribution in [-0.4, -0.2) is 14.8 Å². The molecule has 2 aromatic heterocycles. The summed E-state index contributed by atoms with van der Waals surface area (Å²) in [5, 5.41) is 4.83. The van der Waals surface area contributed by atoms with Gasteiger partial charge in [-0.1, -0.05) is 29.8 Å². The third-order valence-electron chi connectivity index (χ3n) is 4.52. The van der Waals surface area contributed by atoms with E-state index >= 15 is 0 Å². The van der Waals surface area contributed by atoms with Crippen LogP contribution in [0, 0.1) is 5.82 Å². The minimum Gasteiger partial charge on any atom is -0.287 e. The maximum absolute atomic E-state index is 14.7. The first-order chi connectivity index (χ1) is 14.3. The number of hydrogen-bond donors (Lipinski definition) is 0. The topological polar surface area (TPSA) is 47.8 Å². The van der Waals surface area contributed by atoms with Crippen molar-refractivity contribution in [2.45, 2.75) is 12.7 Å². The third-order valence-corrected chi connectivity index (χ3v) is 4.75. The van der Waals surface area contributed by atoms with Crippen LogP contribution in [-0.2, 0) is 12.7 Å². The van der Waals surface area contributed by atoms with Gasteiger partial charge in [-0.2, -0.15) is 18.3 Å². The molecule has 0 unspecified atom stereocenters. The molecule has 0 saturated heterocycles. The Morgan fingerprint density at radius 1 is 1.00 bits per heavy atom. The highest BCUT2D eigenvalue weighted by molar-refractivity contribution is 6.30. The Kier molecular flexibility index (Phi) is 5.03. The Balaban J connectivity index is 1.95. The lowest BCUT2D eigenvalue weighted by Crippen LogP contribution is -2.19. The van der Waals surface area contributed by atoms with Crippen LogP contribution in [0.25, 0.3) is 22.2 Å². The van der Waals surface area contributed by atoms with Crippen molar-refractivity contribution in [3.63, 3.8) is 0 Å². The van der Waals surface area contributed by atoms with Gasteiger partial charge in [0.05, 0.1) is 28.3 Å². The minimum absolute atomic E-state index is 0.103. The molecule has 0 atom stereocenters. The fourth-order valence-electron chi connectivity index (χ4n) is 3.12. The molecule has 0 spiro atoms. The second-order valence-corrected chi connectivity index (χ2v) is 6.92. The van der Waals surface area contributed by atoms with Gasteiger partial charge in [0.15, 0.2) is 0 Å². The molecule has 0 amide bonds. The van der Waals surface area contributed by atoms with Gasteiger partial charge in [-0.05, 0) is 36.4 Å². The first-order valence-corrected chi connectivity index (χ1v) is 9.10. The van der Waals surface area contributed by atoms with Crippen LogP contribution in [0.1, 0.15) is 11.3 Å². The lowest BCUT2D eigenvalue weighted by Gasteiger charge is -2.14. The fraction of sp³-hybridized carbons (Fsp3) is 0.0952. The van der Waals surface area contributed by atoms with Gasteiger partial charge in [0.2, 0.25) is 5.43 Å². The monoisotopic (exact) mass is 433 g/mol. The molecule has 0 aliphatic rings. The Labute approximate surface area is 172 Å². The molecule has 4 nitrogen and oxygen atoms in total. The molecular weight excluding hydrogens is 422 g/mol. The predicted molar refractivity (Wildman–Crippen MR) is 105 cm³/mol. The Hall–Kier alpha value is -3.26. The highest BCUT2D eigenvalue weighted by Gasteiger charge is 2.35. The highest BCUT2D eigenvalue weighted by atomic mass is 35.5. The molecule has 0 aliphatic carbocycles. The van der Waals surface area contributed by atoms with E-state index in [1.165, 1.54) is 16.9 Å². The van der Waals surface area contributed by atoms with Gasteiger partial charge < -0.3 is 0 Å². The summed E-state index contributed by atoms with van der Waals surface area (Å²) in [6.45, 7) is 0.103. The standard InChI is InChI=1S/C21H12ClF4N3O/c22-12-8-9-13(27-10-12)11-29-17-7-2-1-4-14(17)20(30)19(28-29)15-5-3-6-16(18(15)23)21(24,25)26/h1-10H,11H2. The van der Waals surface area contributed by atoms with Crippen molar-refractivity contribution in [1.29, 1.82) is 0 Å². The van der Waals surface area contributed by atoms with Crippen LogP contribution >= 0.6 is 11.6 Å². The van der Waals surface area contributed by atoms with Gasteiger partial charge in [0, 0.05) is 17.1 Å². The first-order valence-electron chi connectivity index (χ1n) is 8.72. The fourth-order valence-corrected chi connectivity index (χ4v) is 3.23. The van der Waals surface area contributed by atoms with Crippen molar-refractivity contribution in [2.24, 2.45) is 0 Å². The zero-order valence-electron chi connectivity index (χ0n) is 15.1. The molecule has 0 N–H and O–H groups in total. The predicted octanol–water partition coefficient (Wildman–Crippen LogP) is 5.32. The number of benzene rings is 2. The summed E-state index contributed by atoms with van der Waals surface area (Å²) in [6.07, 6.45) is -3.46. The molecule has 9 heteroatoms. The molecule has 0 aliphatic heterocycles. The number of pyridine rings is 1. The molecule has 4 rings (SSSR count). The van der Waals surface area contributed by atoms with Crippen LogP contribution in [0.2, 0.25) is 5.02 Å². The van der Waals surface area contributed by atoms with Gasteiger partial charge in [-0.25, -0.2) is 4.39 Å². The zero-order chi connectivity index (χ0) is 21.5. The zero-order valence-corrected chi connectivity index (χ0v) is 15.9. The largest absolute Gasteiger partial charge is 0.419 e. The SMILES string of the molecule is O=c1c(-c2cccc(C(F)(F)F)c2F)nn(Cc2ccc(Cl)cn2)c2ccccc12. The van der Waals surface area contributed by atoms with Crippen molar-refractivity contribution < 1.29 is 17.6 Å². The smallest absolute Gasteiger partial charge is 0.287 e. The van der Waals surface area contributed by atoms with Crippen LogP contribution in [0.3, 0.4) is 0 Å². The van der Waals surface area contributed by atoms with Gasteiger partial charge >= 0.3 is 6.18 Å². The molecule has 0 bridgehead atoms. The minimum atomic E-state index is -4.90. The number of hydrogen-bond acceptors (Lipinski definition) is 3. The number of halogens is 5. The molecule has 4 aromatic rings. The number of para-hydroxylation sites is 1. The second kappa shape index (κ2) is 7.53. The lowest BCUT2D eigenvalue weighted by molar-refractivity contribution is -0.139. The number of rotatable bonds is 3. The van der Waals surface area contributed by atoms with E-state index in [0.29, 0.717) is 22.3 Å². The number of alkyl halides is 3. The summed E-state index contributed by atoms with van der Waals surface area (Å²) in [5.41, 5.74) is -2.05. The van der Waals surface area contributed by atoms with E-state index in [9.17, 15) is 22.4 Å². The number of nitrogens with zero attached hydrogens (tertiary/aromatic N) is 3. The Morgan fingerprint density at radius 3 is 2.47 bits per heavy atom. The van der Waals surface area contributed by atoms with E-state index in [-0.39, 0.29) is 11.9 Å². The summed E-state index contributed by atoms with van der Waals surface area (Å²) < 4.78 is 55.5. The molecule has 0 saturated carbocycles. The molecule has 0 fully saturated rings. The average Bonchev–Trinajstić information content (AvgIpc) is 2.71. The molecule has 2 heterocycles. The molecular formula is C21H12ClF4N3O. The van der Waals surface area contributed by atoms with Crippen LogP contribution < -0.4 is 5.43 Å². The van der Waals surface area contributed by atoms with E-state index in [1.54, 1.807) is 30.3 Å². The summed E-state index contributed by atoms with van der Waals surface area (Å²) in [4.78, 5) is 17.1. The van der Waals surface area contributed by atoms with E-state index < -0.39 is 34.2 Å². The highest BCUT2D eigenvalue weighted by Crippen LogP contribution is 2.34. The Bertz CT molecular complexity index is 1300. The molecule has 2 aromatic carbocycles. The van der Waals surface area contributed by atoms with E-state index in [0.717, 1.165) is 12.1 Å². The number of aromatic nitrogens is 3. The van der Waals surface area contributed by atoms with Gasteiger partial charge in [-0.15, -0.1) is 0 Å². The first kappa shape index (κ1) is 20.0. The summed E-state index contributed by atoms with van der Waals surface area (Å²) in [7, 11) is 0. The van der Waals surface area contributed by atoms with E-state index in [1.807, 2.05) is 0 Å². The summed E-state index contributed by atoms with van der Waals surface area (Å²) in [5.74, 6) is -1.54. The van der Waals surface area contributed by atoms with Crippen molar-refractivity contribution in [2.75, 3.05) is 0 Å². The maximum atomic E-state index is 14.7. The number of fused-ring (bicyclic) bond motifs is 1. The van der Waals surface area contributed by atoms with Crippen LogP contribution in [0.5, 0.6) is 0 Å². The van der Waals surface area contributed by atoms with Crippen LogP contribution in [0.4, 0.5) is 17.6 Å². The molecule has 0 radical (unpaired) electrons. The molecule has 152 valence electrons. The second-order valence-electron chi connectivity index (χ2n) is 6.49. The van der Waals surface area contributed by atoms with Gasteiger partial charge in [0.1, 0.15) is 11.5 Å². The third kappa shape index (κ3) is 3.66.